The Labute approximate surface area is 124 Å². The molecule has 4 heteroatoms. The monoisotopic (exact) mass is 287 g/mol. The van der Waals surface area contributed by atoms with Crippen LogP contribution < -0.4 is 4.74 Å². The lowest BCUT2D eigenvalue weighted by Crippen LogP contribution is -2.42. The first-order valence-electron chi connectivity index (χ1n) is 7.63. The first-order chi connectivity index (χ1) is 10.1. The maximum Gasteiger partial charge on any atom is 0.129 e. The minimum Gasteiger partial charge on any atom is -0.488 e. The molecule has 1 spiro atoms. The van der Waals surface area contributed by atoms with Crippen LogP contribution in [-0.2, 0) is 18.6 Å². The molecule has 2 heterocycles. The molecular formula is C17H21NO3. The predicted octanol–water partition coefficient (Wildman–Crippen LogP) is 1.33. The van der Waals surface area contributed by atoms with Crippen molar-refractivity contribution in [3.05, 3.63) is 41.0 Å². The number of ether oxygens (including phenoxy) is 1. The summed E-state index contributed by atoms with van der Waals surface area (Å²) >= 11 is 0. The van der Waals surface area contributed by atoms with Gasteiger partial charge in [-0.25, -0.2) is 0 Å². The number of nitrogens with zero attached hydrogens (tertiary/aromatic N) is 1. The molecule has 0 aromatic heterocycles. The van der Waals surface area contributed by atoms with Gasteiger partial charge >= 0.3 is 0 Å². The molecule has 4 rings (SSSR count). The molecule has 0 bridgehead atoms. The molecule has 3 aliphatic rings. The summed E-state index contributed by atoms with van der Waals surface area (Å²) in [6.07, 6.45) is 5.23. The lowest BCUT2D eigenvalue weighted by Gasteiger charge is -2.35. The number of benzene rings is 1. The molecule has 2 N–H and O–H groups in total. The Balaban J connectivity index is 1.95. The predicted molar refractivity (Wildman–Crippen MR) is 79.2 cm³/mol. The topological polar surface area (TPSA) is 52.9 Å². The lowest BCUT2D eigenvalue weighted by atomic mass is 9.69. The van der Waals surface area contributed by atoms with E-state index in [9.17, 15) is 10.2 Å². The molecule has 4 nitrogen and oxygen atoms in total. The van der Waals surface area contributed by atoms with E-state index in [1.165, 1.54) is 11.1 Å². The Morgan fingerprint density at radius 2 is 2.29 bits per heavy atom. The zero-order valence-corrected chi connectivity index (χ0v) is 12.2. The van der Waals surface area contributed by atoms with Crippen molar-refractivity contribution < 1.29 is 14.9 Å². The molecule has 2 aliphatic heterocycles. The van der Waals surface area contributed by atoms with Crippen LogP contribution in [-0.4, -0.2) is 40.9 Å². The van der Waals surface area contributed by atoms with Gasteiger partial charge in [-0.05, 0) is 25.6 Å². The van der Waals surface area contributed by atoms with Crippen molar-refractivity contribution in [3.8, 4) is 5.75 Å². The molecule has 0 saturated carbocycles. The molecule has 3 atom stereocenters. The smallest absolute Gasteiger partial charge is 0.129 e. The highest BCUT2D eigenvalue weighted by Crippen LogP contribution is 2.53. The van der Waals surface area contributed by atoms with E-state index in [1.807, 2.05) is 12.1 Å². The van der Waals surface area contributed by atoms with Crippen molar-refractivity contribution in [2.24, 2.45) is 0 Å². The van der Waals surface area contributed by atoms with Crippen LogP contribution in [0.2, 0.25) is 0 Å². The van der Waals surface area contributed by atoms with E-state index in [-0.39, 0.29) is 18.1 Å². The van der Waals surface area contributed by atoms with Gasteiger partial charge in [-0.3, -0.25) is 0 Å². The third-order valence-corrected chi connectivity index (χ3v) is 5.21. The van der Waals surface area contributed by atoms with Crippen molar-refractivity contribution in [1.29, 1.82) is 0 Å². The van der Waals surface area contributed by atoms with Crippen molar-refractivity contribution in [1.82, 2.24) is 4.90 Å². The molecule has 21 heavy (non-hydrogen) atoms. The van der Waals surface area contributed by atoms with Gasteiger partial charge in [0, 0.05) is 24.1 Å². The van der Waals surface area contributed by atoms with E-state index in [0.717, 1.165) is 30.8 Å². The van der Waals surface area contributed by atoms with Crippen LogP contribution in [0.5, 0.6) is 5.75 Å². The van der Waals surface area contributed by atoms with Crippen LogP contribution >= 0.6 is 0 Å². The van der Waals surface area contributed by atoms with Crippen molar-refractivity contribution in [2.75, 3.05) is 13.6 Å². The molecule has 1 aliphatic carbocycles. The quantitative estimate of drug-likeness (QED) is 0.765. The second-order valence-corrected chi connectivity index (χ2v) is 6.54. The highest BCUT2D eigenvalue weighted by molar-refractivity contribution is 5.58. The summed E-state index contributed by atoms with van der Waals surface area (Å²) in [4.78, 5) is 2.33. The van der Waals surface area contributed by atoms with Gasteiger partial charge in [0.2, 0.25) is 0 Å². The molecule has 0 fully saturated rings. The minimum atomic E-state index is -0.433. The molecule has 1 unspecified atom stereocenters. The largest absolute Gasteiger partial charge is 0.488 e. The summed E-state index contributed by atoms with van der Waals surface area (Å²) in [6.45, 7) is 1.90. The van der Waals surface area contributed by atoms with Crippen LogP contribution in [0.15, 0.2) is 24.3 Å². The highest BCUT2D eigenvalue weighted by atomic mass is 16.5. The van der Waals surface area contributed by atoms with Gasteiger partial charge in [0.05, 0.1) is 18.1 Å². The van der Waals surface area contributed by atoms with E-state index in [0.29, 0.717) is 6.42 Å². The van der Waals surface area contributed by atoms with Crippen LogP contribution in [0, 0.1) is 0 Å². The maximum atomic E-state index is 9.95. The Morgan fingerprint density at radius 3 is 3.10 bits per heavy atom. The molecule has 0 amide bonds. The lowest BCUT2D eigenvalue weighted by molar-refractivity contribution is 0.0824. The summed E-state index contributed by atoms with van der Waals surface area (Å²) < 4.78 is 6.22. The van der Waals surface area contributed by atoms with E-state index in [4.69, 9.17) is 4.74 Å². The van der Waals surface area contributed by atoms with Crippen molar-refractivity contribution in [2.45, 2.75) is 43.6 Å². The molecule has 0 saturated heterocycles. The van der Waals surface area contributed by atoms with Gasteiger partial charge in [-0.2, -0.15) is 0 Å². The van der Waals surface area contributed by atoms with Gasteiger partial charge in [0.25, 0.3) is 0 Å². The van der Waals surface area contributed by atoms with Gasteiger partial charge in [0.1, 0.15) is 11.9 Å². The van der Waals surface area contributed by atoms with Gasteiger partial charge in [0.15, 0.2) is 0 Å². The van der Waals surface area contributed by atoms with Crippen LogP contribution in [0.3, 0.4) is 0 Å². The fourth-order valence-electron chi connectivity index (χ4n) is 4.12. The maximum absolute atomic E-state index is 9.95. The second-order valence-electron chi connectivity index (χ2n) is 6.54. The minimum absolute atomic E-state index is 0.00643. The third-order valence-electron chi connectivity index (χ3n) is 5.21. The van der Waals surface area contributed by atoms with E-state index < -0.39 is 6.10 Å². The Kier molecular flexibility index (Phi) is 2.89. The number of hydrogen-bond donors (Lipinski definition) is 2. The van der Waals surface area contributed by atoms with Crippen LogP contribution in [0.1, 0.15) is 29.5 Å². The summed E-state index contributed by atoms with van der Waals surface area (Å²) in [5, 5.41) is 19.6. The van der Waals surface area contributed by atoms with Gasteiger partial charge in [-0.15, -0.1) is 0 Å². The average molecular weight is 287 g/mol. The zero-order valence-electron chi connectivity index (χ0n) is 12.2. The van der Waals surface area contributed by atoms with Crippen molar-refractivity contribution in [3.63, 3.8) is 0 Å². The van der Waals surface area contributed by atoms with Gasteiger partial charge < -0.3 is 19.8 Å². The number of aliphatic hydroxyl groups excluding tert-OH is 2. The van der Waals surface area contributed by atoms with Crippen LogP contribution in [0.25, 0.3) is 0 Å². The van der Waals surface area contributed by atoms with Crippen LogP contribution in [0.4, 0.5) is 0 Å². The number of rotatable bonds is 1. The summed E-state index contributed by atoms with van der Waals surface area (Å²) in [7, 11) is 2.14. The first-order valence-corrected chi connectivity index (χ1v) is 7.63. The Hall–Kier alpha value is -1.36. The normalized spacial score (nSPS) is 34.0. The molecule has 1 aromatic carbocycles. The molecule has 1 aromatic rings. The summed E-state index contributed by atoms with van der Waals surface area (Å²) in [5.74, 6) is 0.856. The first kappa shape index (κ1) is 13.3. The standard InChI is InChI=1S/C17H21NO3/c1-18-7-6-17-5-4-13(20)8-14(17)21-16-12(10-19)3-2-11(9-18)15(16)17/h2-5,13-14,19-20H,6-10H2,1H3/t13-,14-,17?/m0/s1. The highest BCUT2D eigenvalue weighted by Gasteiger charge is 2.52. The Morgan fingerprint density at radius 1 is 1.43 bits per heavy atom. The van der Waals surface area contributed by atoms with Crippen molar-refractivity contribution >= 4 is 0 Å². The van der Waals surface area contributed by atoms with E-state index in [1.54, 1.807) is 0 Å². The number of hydrogen-bond acceptors (Lipinski definition) is 4. The summed E-state index contributed by atoms with van der Waals surface area (Å²) in [6, 6.07) is 4.09. The Bertz CT molecular complexity index is 612. The SMILES string of the molecule is CN1CCC23C=C[C@H](O)C[C@@H]2Oc2c(CO)ccc(c23)C1. The fraction of sp³-hybridized carbons (Fsp3) is 0.529. The average Bonchev–Trinajstić information content (AvgIpc) is 2.72. The van der Waals surface area contributed by atoms with E-state index in [2.05, 4.69) is 24.1 Å². The zero-order chi connectivity index (χ0) is 14.6. The fourth-order valence-corrected chi connectivity index (χ4v) is 4.12. The molecule has 0 radical (unpaired) electrons. The van der Waals surface area contributed by atoms with E-state index >= 15 is 0 Å². The second kappa shape index (κ2) is 4.57. The third kappa shape index (κ3) is 1.79. The van der Waals surface area contributed by atoms with Gasteiger partial charge in [-0.1, -0.05) is 24.3 Å². The molecule has 112 valence electrons. The molecular weight excluding hydrogens is 266 g/mol. The summed E-state index contributed by atoms with van der Waals surface area (Å²) in [5.41, 5.74) is 3.24. The number of aliphatic hydroxyl groups is 2.